The summed E-state index contributed by atoms with van der Waals surface area (Å²) in [5.74, 6) is 0.461. The number of thiazole rings is 1. The zero-order valence-corrected chi connectivity index (χ0v) is 11.1. The molecule has 0 bridgehead atoms. The Morgan fingerprint density at radius 3 is 2.94 bits per heavy atom. The zero-order valence-electron chi connectivity index (χ0n) is 9.55. The molecule has 3 nitrogen and oxygen atoms in total. The number of halogens is 1. The van der Waals surface area contributed by atoms with E-state index in [0.717, 1.165) is 10.4 Å². The summed E-state index contributed by atoms with van der Waals surface area (Å²) in [4.78, 5) is 4.26. The van der Waals surface area contributed by atoms with Crippen LogP contribution in [-0.2, 0) is 0 Å². The van der Waals surface area contributed by atoms with Crippen LogP contribution in [0.15, 0.2) is 34.1 Å². The van der Waals surface area contributed by atoms with Gasteiger partial charge in [0.25, 0.3) is 0 Å². The number of fused-ring (bicyclic) bond motifs is 1. The lowest BCUT2D eigenvalue weighted by atomic mass is 10.2. The molecule has 1 N–H and O–H groups in total. The van der Waals surface area contributed by atoms with E-state index in [1.165, 1.54) is 11.3 Å². The van der Waals surface area contributed by atoms with E-state index < -0.39 is 6.10 Å². The van der Waals surface area contributed by atoms with Crippen LogP contribution in [0, 0.1) is 6.92 Å². The number of benzene rings is 1. The van der Waals surface area contributed by atoms with Gasteiger partial charge in [0, 0.05) is 10.8 Å². The highest BCUT2D eigenvalue weighted by molar-refractivity contribution is 7.09. The minimum Gasteiger partial charge on any atom is -0.456 e. The molecule has 0 aliphatic heterocycles. The zero-order chi connectivity index (χ0) is 12.7. The second-order valence-corrected chi connectivity index (χ2v) is 5.47. The Labute approximate surface area is 113 Å². The van der Waals surface area contributed by atoms with E-state index in [-0.39, 0.29) is 0 Å². The Hall–Kier alpha value is -1.36. The maximum absolute atomic E-state index is 10.2. The molecule has 3 rings (SSSR count). The van der Waals surface area contributed by atoms with Gasteiger partial charge in [-0.2, -0.15) is 0 Å². The standard InChI is InChI=1S/C13H10ClNO2S/c1-7-15-10(6-18-7)12(16)11-5-8-3-2-4-9(14)13(8)17-11/h2-6,12,16H,1H3. The molecule has 3 aromatic rings. The molecule has 1 atom stereocenters. The SMILES string of the molecule is Cc1nc(C(O)c2cc3cccc(Cl)c3o2)cs1. The highest BCUT2D eigenvalue weighted by Crippen LogP contribution is 2.32. The van der Waals surface area contributed by atoms with Crippen molar-refractivity contribution in [2.45, 2.75) is 13.0 Å². The molecule has 0 aliphatic rings. The van der Waals surface area contributed by atoms with Gasteiger partial charge < -0.3 is 9.52 Å². The third-order valence-electron chi connectivity index (χ3n) is 2.70. The number of nitrogens with zero attached hydrogens (tertiary/aromatic N) is 1. The van der Waals surface area contributed by atoms with Crippen molar-refractivity contribution in [1.82, 2.24) is 4.98 Å². The number of para-hydroxylation sites is 1. The van der Waals surface area contributed by atoms with Crippen LogP contribution in [0.1, 0.15) is 22.6 Å². The van der Waals surface area contributed by atoms with Crippen molar-refractivity contribution < 1.29 is 9.52 Å². The molecule has 0 spiro atoms. The van der Waals surface area contributed by atoms with Crippen LogP contribution in [0.5, 0.6) is 0 Å². The van der Waals surface area contributed by atoms with Crippen molar-refractivity contribution in [3.05, 3.63) is 51.1 Å². The third kappa shape index (κ3) is 1.92. The van der Waals surface area contributed by atoms with Crippen LogP contribution in [0.25, 0.3) is 11.0 Å². The van der Waals surface area contributed by atoms with Crippen LogP contribution in [0.4, 0.5) is 0 Å². The lowest BCUT2D eigenvalue weighted by Crippen LogP contribution is -1.98. The predicted molar refractivity (Wildman–Crippen MR) is 72.1 cm³/mol. The molecule has 2 aromatic heterocycles. The van der Waals surface area contributed by atoms with Gasteiger partial charge >= 0.3 is 0 Å². The minimum atomic E-state index is -0.849. The van der Waals surface area contributed by atoms with E-state index in [0.29, 0.717) is 22.1 Å². The molecule has 2 heterocycles. The number of aromatic nitrogens is 1. The Balaban J connectivity index is 2.06. The summed E-state index contributed by atoms with van der Waals surface area (Å²) in [7, 11) is 0. The van der Waals surface area contributed by atoms with E-state index >= 15 is 0 Å². The second kappa shape index (κ2) is 4.39. The quantitative estimate of drug-likeness (QED) is 0.773. The first kappa shape index (κ1) is 11.7. The number of aliphatic hydroxyl groups excluding tert-OH is 1. The first-order valence-corrected chi connectivity index (χ1v) is 6.69. The number of aryl methyl sites for hydroxylation is 1. The summed E-state index contributed by atoms with van der Waals surface area (Å²) in [6.07, 6.45) is -0.849. The van der Waals surface area contributed by atoms with Gasteiger partial charge in [-0.15, -0.1) is 11.3 Å². The Morgan fingerprint density at radius 2 is 2.28 bits per heavy atom. The summed E-state index contributed by atoms with van der Waals surface area (Å²) in [6.45, 7) is 1.90. The maximum atomic E-state index is 10.2. The van der Waals surface area contributed by atoms with Crippen LogP contribution < -0.4 is 0 Å². The average molecular weight is 280 g/mol. The smallest absolute Gasteiger partial charge is 0.154 e. The summed E-state index contributed by atoms with van der Waals surface area (Å²) in [5.41, 5.74) is 1.20. The largest absolute Gasteiger partial charge is 0.456 e. The second-order valence-electron chi connectivity index (χ2n) is 4.00. The highest BCUT2D eigenvalue weighted by Gasteiger charge is 2.18. The molecule has 5 heteroatoms. The van der Waals surface area contributed by atoms with Gasteiger partial charge in [0.15, 0.2) is 11.7 Å². The van der Waals surface area contributed by atoms with Crippen molar-refractivity contribution in [3.8, 4) is 0 Å². The molecule has 0 amide bonds. The lowest BCUT2D eigenvalue weighted by Gasteiger charge is -2.02. The number of hydrogen-bond acceptors (Lipinski definition) is 4. The first-order valence-electron chi connectivity index (χ1n) is 5.43. The van der Waals surface area contributed by atoms with Crippen molar-refractivity contribution in [2.24, 2.45) is 0 Å². The normalized spacial score (nSPS) is 13.1. The van der Waals surface area contributed by atoms with Gasteiger partial charge in [0.2, 0.25) is 0 Å². The van der Waals surface area contributed by atoms with Gasteiger partial charge in [-0.1, -0.05) is 23.7 Å². The predicted octanol–water partition coefficient (Wildman–Crippen LogP) is 3.93. The molecule has 0 radical (unpaired) electrons. The molecule has 0 saturated carbocycles. The molecule has 1 aromatic carbocycles. The van der Waals surface area contributed by atoms with Gasteiger partial charge in [0.05, 0.1) is 15.7 Å². The van der Waals surface area contributed by atoms with E-state index in [1.54, 1.807) is 12.1 Å². The molecular formula is C13H10ClNO2S. The molecule has 18 heavy (non-hydrogen) atoms. The van der Waals surface area contributed by atoms with Crippen LogP contribution in [0.3, 0.4) is 0 Å². The summed E-state index contributed by atoms with van der Waals surface area (Å²) in [6, 6.07) is 7.30. The molecule has 92 valence electrons. The molecule has 1 unspecified atom stereocenters. The Bertz CT molecular complexity index is 704. The summed E-state index contributed by atoms with van der Waals surface area (Å²) >= 11 is 7.53. The van der Waals surface area contributed by atoms with Gasteiger partial charge in [-0.25, -0.2) is 4.98 Å². The fraction of sp³-hybridized carbons (Fsp3) is 0.154. The first-order chi connectivity index (χ1) is 8.65. The summed E-state index contributed by atoms with van der Waals surface area (Å²) < 4.78 is 5.61. The third-order valence-corrected chi connectivity index (χ3v) is 3.79. The minimum absolute atomic E-state index is 0.461. The van der Waals surface area contributed by atoms with Gasteiger partial charge in [-0.05, 0) is 19.1 Å². The Morgan fingerprint density at radius 1 is 1.44 bits per heavy atom. The van der Waals surface area contributed by atoms with Crippen molar-refractivity contribution in [3.63, 3.8) is 0 Å². The molecule has 0 aliphatic carbocycles. The Kier molecular flexibility index (Phi) is 2.86. The fourth-order valence-corrected chi connectivity index (χ4v) is 2.69. The molecular weight excluding hydrogens is 270 g/mol. The van der Waals surface area contributed by atoms with E-state index in [4.69, 9.17) is 16.0 Å². The van der Waals surface area contributed by atoms with Crippen molar-refractivity contribution in [2.75, 3.05) is 0 Å². The molecule has 0 fully saturated rings. The van der Waals surface area contributed by atoms with E-state index in [2.05, 4.69) is 4.98 Å². The van der Waals surface area contributed by atoms with Crippen LogP contribution in [0.2, 0.25) is 5.02 Å². The number of furan rings is 1. The monoisotopic (exact) mass is 279 g/mol. The fourth-order valence-electron chi connectivity index (χ4n) is 1.83. The van der Waals surface area contributed by atoms with Gasteiger partial charge in [0.1, 0.15) is 5.76 Å². The molecule has 0 saturated heterocycles. The van der Waals surface area contributed by atoms with Crippen LogP contribution in [-0.4, -0.2) is 10.1 Å². The van der Waals surface area contributed by atoms with Crippen molar-refractivity contribution >= 4 is 33.9 Å². The summed E-state index contributed by atoms with van der Waals surface area (Å²) in [5, 5.41) is 14.4. The topological polar surface area (TPSA) is 46.3 Å². The number of aliphatic hydroxyl groups is 1. The number of hydrogen-bond donors (Lipinski definition) is 1. The lowest BCUT2D eigenvalue weighted by molar-refractivity contribution is 0.188. The maximum Gasteiger partial charge on any atom is 0.154 e. The highest BCUT2D eigenvalue weighted by atomic mass is 35.5. The van der Waals surface area contributed by atoms with Gasteiger partial charge in [-0.3, -0.25) is 0 Å². The van der Waals surface area contributed by atoms with E-state index in [1.807, 2.05) is 24.4 Å². The van der Waals surface area contributed by atoms with E-state index in [9.17, 15) is 5.11 Å². The average Bonchev–Trinajstić information content (AvgIpc) is 2.95. The van der Waals surface area contributed by atoms with Crippen LogP contribution >= 0.6 is 22.9 Å². The van der Waals surface area contributed by atoms with Crippen molar-refractivity contribution in [1.29, 1.82) is 0 Å². The number of rotatable bonds is 2.